The summed E-state index contributed by atoms with van der Waals surface area (Å²) in [6, 6.07) is 0. The molecule has 7 heteroatoms. The van der Waals surface area contributed by atoms with E-state index >= 15 is 0 Å². The Kier molecular flexibility index (Phi) is 13.0. The number of halogens is 1. The third-order valence-corrected chi connectivity index (χ3v) is 5.18. The molecule has 136 valence electrons. The van der Waals surface area contributed by atoms with E-state index in [1.165, 1.54) is 0 Å². The number of nitrogens with zero attached hydrogens (tertiary/aromatic N) is 2. The van der Waals surface area contributed by atoms with E-state index in [0.29, 0.717) is 24.1 Å². The first-order chi connectivity index (χ1) is 10.6. The number of aliphatic imine (C=N–C) groups is 1. The number of guanidine groups is 1. The Hall–Kier alpha value is -0.180. The minimum Gasteiger partial charge on any atom is -0.357 e. The molecule has 0 aromatic carbocycles. The minimum atomic E-state index is 0. The van der Waals surface area contributed by atoms with E-state index in [9.17, 15) is 4.79 Å². The van der Waals surface area contributed by atoms with Crippen LogP contribution in [0, 0.1) is 5.92 Å². The summed E-state index contributed by atoms with van der Waals surface area (Å²) in [4.78, 5) is 18.6. The van der Waals surface area contributed by atoms with E-state index in [0.717, 1.165) is 44.3 Å². The van der Waals surface area contributed by atoms with Crippen molar-refractivity contribution in [1.82, 2.24) is 15.5 Å². The zero-order valence-corrected chi connectivity index (χ0v) is 18.1. The van der Waals surface area contributed by atoms with Crippen molar-refractivity contribution in [2.75, 3.05) is 38.5 Å². The highest BCUT2D eigenvalue weighted by atomic mass is 127. The third kappa shape index (κ3) is 9.02. The first-order valence-corrected chi connectivity index (χ1v) is 9.54. The maximum Gasteiger partial charge on any atom is 0.221 e. The summed E-state index contributed by atoms with van der Waals surface area (Å²) in [7, 11) is 0. The predicted octanol–water partition coefficient (Wildman–Crippen LogP) is 2.56. The zero-order valence-electron chi connectivity index (χ0n) is 14.9. The number of amides is 1. The van der Waals surface area contributed by atoms with E-state index < -0.39 is 0 Å². The number of hydrogen-bond donors (Lipinski definition) is 2. The number of carbonyl (C=O) groups is 1. The third-order valence-electron chi connectivity index (χ3n) is 3.64. The van der Waals surface area contributed by atoms with Crippen LogP contribution in [0.2, 0.25) is 0 Å². The second-order valence-corrected chi connectivity index (χ2v) is 7.28. The molecule has 1 aliphatic heterocycles. The lowest BCUT2D eigenvalue weighted by molar-refractivity contribution is -0.120. The predicted molar refractivity (Wildman–Crippen MR) is 112 cm³/mol. The van der Waals surface area contributed by atoms with E-state index in [4.69, 9.17) is 0 Å². The fraction of sp³-hybridized carbons (Fsp3) is 0.875. The van der Waals surface area contributed by atoms with Gasteiger partial charge in [-0.05, 0) is 19.3 Å². The highest BCUT2D eigenvalue weighted by molar-refractivity contribution is 14.0. The van der Waals surface area contributed by atoms with Crippen LogP contribution in [0.4, 0.5) is 0 Å². The molecule has 1 saturated heterocycles. The lowest BCUT2D eigenvalue weighted by Crippen LogP contribution is -2.49. The Labute approximate surface area is 162 Å². The fourth-order valence-corrected chi connectivity index (χ4v) is 3.61. The van der Waals surface area contributed by atoms with Crippen molar-refractivity contribution in [3.05, 3.63) is 0 Å². The van der Waals surface area contributed by atoms with Crippen LogP contribution >= 0.6 is 35.7 Å². The molecule has 1 heterocycles. The molecule has 2 N–H and O–H groups in total. The normalized spacial score (nSPS) is 18.6. The van der Waals surface area contributed by atoms with Gasteiger partial charge in [-0.3, -0.25) is 9.79 Å². The molecule has 1 aliphatic rings. The standard InChI is InChI=1S/C16H32N4OS.HI/c1-5-8-18-15(21)7-9-19-16(17-6-2)20-10-11-22-14(12-20)13(3)4;/h13-14H,5-12H2,1-4H3,(H,17,19)(H,18,21);1H. The van der Waals surface area contributed by atoms with Crippen LogP contribution in [0.3, 0.4) is 0 Å². The van der Waals surface area contributed by atoms with Crippen LogP contribution < -0.4 is 10.6 Å². The molecule has 1 unspecified atom stereocenters. The van der Waals surface area contributed by atoms with E-state index in [1.54, 1.807) is 0 Å². The smallest absolute Gasteiger partial charge is 0.221 e. The molecule has 1 rings (SSSR count). The molecule has 0 aromatic heterocycles. The maximum atomic E-state index is 11.6. The van der Waals surface area contributed by atoms with Gasteiger partial charge in [-0.1, -0.05) is 20.8 Å². The molecular formula is C16H33IN4OS. The SMILES string of the molecule is CCCNC(=O)CCN=C(NCC)N1CCSC(C(C)C)C1.I. The molecule has 0 spiro atoms. The summed E-state index contributed by atoms with van der Waals surface area (Å²) in [5.74, 6) is 2.87. The van der Waals surface area contributed by atoms with Crippen LogP contribution in [-0.2, 0) is 4.79 Å². The van der Waals surface area contributed by atoms with Crippen molar-refractivity contribution in [2.24, 2.45) is 10.9 Å². The molecule has 23 heavy (non-hydrogen) atoms. The van der Waals surface area contributed by atoms with Gasteiger partial charge in [0, 0.05) is 43.6 Å². The summed E-state index contributed by atoms with van der Waals surface area (Å²) in [6.45, 7) is 12.9. The quantitative estimate of drug-likeness (QED) is 0.351. The Morgan fingerprint density at radius 3 is 2.70 bits per heavy atom. The molecule has 1 amide bonds. The Morgan fingerprint density at radius 1 is 1.35 bits per heavy atom. The van der Waals surface area contributed by atoms with Crippen LogP contribution in [0.5, 0.6) is 0 Å². The van der Waals surface area contributed by atoms with Gasteiger partial charge in [0.2, 0.25) is 5.91 Å². The average molecular weight is 456 g/mol. The molecule has 0 radical (unpaired) electrons. The maximum absolute atomic E-state index is 11.6. The van der Waals surface area contributed by atoms with Crippen LogP contribution in [0.1, 0.15) is 40.5 Å². The minimum absolute atomic E-state index is 0. The molecule has 0 saturated carbocycles. The van der Waals surface area contributed by atoms with Crippen molar-refractivity contribution < 1.29 is 4.79 Å². The topological polar surface area (TPSA) is 56.7 Å². The first kappa shape index (κ1) is 22.8. The van der Waals surface area contributed by atoms with Crippen molar-refractivity contribution >= 4 is 47.6 Å². The summed E-state index contributed by atoms with van der Waals surface area (Å²) in [5, 5.41) is 6.92. The lowest BCUT2D eigenvalue weighted by atomic mass is 10.1. The molecular weight excluding hydrogens is 423 g/mol. The Balaban J connectivity index is 0.00000484. The van der Waals surface area contributed by atoms with E-state index in [1.807, 2.05) is 0 Å². The number of thioether (sulfide) groups is 1. The summed E-state index contributed by atoms with van der Waals surface area (Å²) >= 11 is 2.06. The fourth-order valence-electron chi connectivity index (χ4n) is 2.31. The van der Waals surface area contributed by atoms with Crippen molar-refractivity contribution in [3.63, 3.8) is 0 Å². The Morgan fingerprint density at radius 2 is 2.09 bits per heavy atom. The van der Waals surface area contributed by atoms with E-state index in [2.05, 4.69) is 60.0 Å². The van der Waals surface area contributed by atoms with Gasteiger partial charge in [-0.25, -0.2) is 0 Å². The molecule has 0 aliphatic carbocycles. The number of nitrogens with one attached hydrogen (secondary N) is 2. The van der Waals surface area contributed by atoms with Crippen LogP contribution in [0.15, 0.2) is 4.99 Å². The van der Waals surface area contributed by atoms with Gasteiger partial charge >= 0.3 is 0 Å². The van der Waals surface area contributed by atoms with Crippen molar-refractivity contribution in [3.8, 4) is 0 Å². The second-order valence-electron chi connectivity index (χ2n) is 5.93. The summed E-state index contributed by atoms with van der Waals surface area (Å²) in [5.41, 5.74) is 0. The van der Waals surface area contributed by atoms with Crippen LogP contribution in [-0.4, -0.2) is 60.5 Å². The van der Waals surface area contributed by atoms with Gasteiger partial charge in [0.25, 0.3) is 0 Å². The van der Waals surface area contributed by atoms with Gasteiger partial charge in [-0.2, -0.15) is 11.8 Å². The highest BCUT2D eigenvalue weighted by Crippen LogP contribution is 2.24. The first-order valence-electron chi connectivity index (χ1n) is 8.50. The summed E-state index contributed by atoms with van der Waals surface area (Å²) in [6.07, 6.45) is 1.44. The summed E-state index contributed by atoms with van der Waals surface area (Å²) < 4.78 is 0. The number of carbonyl (C=O) groups excluding carboxylic acids is 1. The molecule has 1 atom stereocenters. The van der Waals surface area contributed by atoms with E-state index in [-0.39, 0.29) is 29.9 Å². The lowest BCUT2D eigenvalue weighted by Gasteiger charge is -2.36. The second kappa shape index (κ2) is 13.1. The number of rotatable bonds is 7. The molecule has 1 fully saturated rings. The van der Waals surface area contributed by atoms with Crippen molar-refractivity contribution in [1.29, 1.82) is 0 Å². The molecule has 5 nitrogen and oxygen atoms in total. The zero-order chi connectivity index (χ0) is 16.4. The van der Waals surface area contributed by atoms with Crippen LogP contribution in [0.25, 0.3) is 0 Å². The van der Waals surface area contributed by atoms with Gasteiger partial charge in [-0.15, -0.1) is 24.0 Å². The van der Waals surface area contributed by atoms with Gasteiger partial charge in [0.1, 0.15) is 0 Å². The largest absolute Gasteiger partial charge is 0.357 e. The van der Waals surface area contributed by atoms with Gasteiger partial charge in [0.05, 0.1) is 6.54 Å². The monoisotopic (exact) mass is 456 g/mol. The van der Waals surface area contributed by atoms with Gasteiger partial charge in [0.15, 0.2) is 5.96 Å². The average Bonchev–Trinajstić information content (AvgIpc) is 2.52. The molecule has 0 aromatic rings. The Bertz CT molecular complexity index is 366. The highest BCUT2D eigenvalue weighted by Gasteiger charge is 2.24. The molecule has 0 bridgehead atoms. The van der Waals surface area contributed by atoms with Crippen molar-refractivity contribution in [2.45, 2.75) is 45.8 Å². The number of hydrogen-bond acceptors (Lipinski definition) is 3. The van der Waals surface area contributed by atoms with Gasteiger partial charge < -0.3 is 15.5 Å².